The molecule has 0 aromatic rings. The lowest BCUT2D eigenvalue weighted by Crippen LogP contribution is -2.48. The van der Waals surface area contributed by atoms with Gasteiger partial charge in [-0.2, -0.15) is 0 Å². The molecule has 3 heteroatoms. The van der Waals surface area contributed by atoms with Gasteiger partial charge in [-0.15, -0.1) is 0 Å². The maximum absolute atomic E-state index is 2.68. The Balaban J connectivity index is 1.67. The lowest BCUT2D eigenvalue weighted by atomic mass is 9.95. The van der Waals surface area contributed by atoms with Gasteiger partial charge < -0.3 is 14.7 Å². The third-order valence-electron chi connectivity index (χ3n) is 4.49. The van der Waals surface area contributed by atoms with Crippen LogP contribution in [-0.2, 0) is 0 Å². The molecular formula is C14H29N3. The Kier molecular flexibility index (Phi) is 4.83. The normalized spacial score (nSPS) is 26.8. The quantitative estimate of drug-likeness (QED) is 0.736. The Morgan fingerprint density at radius 2 is 1.53 bits per heavy atom. The van der Waals surface area contributed by atoms with Gasteiger partial charge in [0.05, 0.1) is 0 Å². The molecule has 0 spiro atoms. The van der Waals surface area contributed by atoms with Crippen LogP contribution in [0.15, 0.2) is 0 Å². The molecule has 0 aromatic carbocycles. The van der Waals surface area contributed by atoms with Crippen LogP contribution in [0.5, 0.6) is 0 Å². The average Bonchev–Trinajstić information content (AvgIpc) is 2.33. The highest BCUT2D eigenvalue weighted by atomic mass is 15.2. The topological polar surface area (TPSA) is 9.72 Å². The predicted octanol–water partition coefficient (Wildman–Crippen LogP) is 1.35. The summed E-state index contributed by atoms with van der Waals surface area (Å²) in [6, 6.07) is 0.736. The van der Waals surface area contributed by atoms with Crippen LogP contribution in [0.1, 0.15) is 26.7 Å². The Bertz CT molecular complexity index is 214. The third kappa shape index (κ3) is 3.94. The van der Waals surface area contributed by atoms with E-state index in [9.17, 15) is 0 Å². The lowest BCUT2D eigenvalue weighted by molar-refractivity contribution is 0.0956. The number of likely N-dealkylation sites (tertiary alicyclic amines) is 1. The molecule has 0 aliphatic carbocycles. The molecule has 0 saturated carbocycles. The van der Waals surface area contributed by atoms with E-state index in [1.807, 2.05) is 0 Å². The van der Waals surface area contributed by atoms with Crippen LogP contribution in [0.2, 0.25) is 0 Å². The van der Waals surface area contributed by atoms with Crippen LogP contribution in [0.25, 0.3) is 0 Å². The van der Waals surface area contributed by atoms with Gasteiger partial charge in [0.2, 0.25) is 0 Å². The highest BCUT2D eigenvalue weighted by Crippen LogP contribution is 2.20. The molecule has 0 N–H and O–H groups in total. The zero-order valence-electron chi connectivity index (χ0n) is 11.9. The monoisotopic (exact) mass is 239 g/mol. The molecule has 2 aliphatic rings. The summed E-state index contributed by atoms with van der Waals surface area (Å²) < 4.78 is 0. The third-order valence-corrected chi connectivity index (χ3v) is 4.49. The van der Waals surface area contributed by atoms with Crippen molar-refractivity contribution in [3.63, 3.8) is 0 Å². The van der Waals surface area contributed by atoms with Gasteiger partial charge in [0.15, 0.2) is 0 Å². The second-order valence-corrected chi connectivity index (χ2v) is 6.18. The van der Waals surface area contributed by atoms with E-state index >= 15 is 0 Å². The van der Waals surface area contributed by atoms with Crippen LogP contribution in [0.4, 0.5) is 0 Å². The minimum Gasteiger partial charge on any atom is -0.304 e. The Hall–Kier alpha value is -0.120. The van der Waals surface area contributed by atoms with Crippen LogP contribution < -0.4 is 0 Å². The molecule has 2 aliphatic heterocycles. The molecule has 2 fully saturated rings. The van der Waals surface area contributed by atoms with E-state index < -0.39 is 0 Å². The van der Waals surface area contributed by atoms with Crippen molar-refractivity contribution in [1.82, 2.24) is 14.7 Å². The molecule has 0 unspecified atom stereocenters. The molecule has 2 heterocycles. The summed E-state index contributed by atoms with van der Waals surface area (Å²) in [7, 11) is 2.23. The van der Waals surface area contributed by atoms with Crippen molar-refractivity contribution in [3.8, 4) is 0 Å². The Morgan fingerprint density at radius 3 is 2.06 bits per heavy atom. The number of nitrogens with zero attached hydrogens (tertiary/aromatic N) is 3. The Labute approximate surface area is 107 Å². The average molecular weight is 239 g/mol. The fourth-order valence-corrected chi connectivity index (χ4v) is 3.05. The van der Waals surface area contributed by atoms with Crippen molar-refractivity contribution in [1.29, 1.82) is 0 Å². The maximum atomic E-state index is 2.68. The van der Waals surface area contributed by atoms with Crippen molar-refractivity contribution in [2.75, 3.05) is 52.9 Å². The van der Waals surface area contributed by atoms with Crippen LogP contribution in [0, 0.1) is 5.92 Å². The minimum absolute atomic E-state index is 0.736. The van der Waals surface area contributed by atoms with Gasteiger partial charge in [-0.05, 0) is 52.7 Å². The maximum Gasteiger partial charge on any atom is 0.0110 e. The molecule has 0 radical (unpaired) electrons. The first-order chi connectivity index (χ1) is 8.15. The number of rotatable bonds is 3. The summed E-state index contributed by atoms with van der Waals surface area (Å²) in [6.07, 6.45) is 2.81. The van der Waals surface area contributed by atoms with Gasteiger partial charge in [-0.25, -0.2) is 0 Å². The van der Waals surface area contributed by atoms with Gasteiger partial charge in [0.25, 0.3) is 0 Å². The summed E-state index contributed by atoms with van der Waals surface area (Å²) >= 11 is 0. The molecule has 17 heavy (non-hydrogen) atoms. The van der Waals surface area contributed by atoms with E-state index in [-0.39, 0.29) is 0 Å². The van der Waals surface area contributed by atoms with E-state index in [0.717, 1.165) is 12.0 Å². The van der Waals surface area contributed by atoms with E-state index in [1.165, 1.54) is 58.7 Å². The van der Waals surface area contributed by atoms with Crippen LogP contribution in [0.3, 0.4) is 0 Å². The van der Waals surface area contributed by atoms with Gasteiger partial charge in [0, 0.05) is 38.8 Å². The number of likely N-dealkylation sites (N-methyl/N-ethyl adjacent to an activating group) is 1. The summed E-state index contributed by atoms with van der Waals surface area (Å²) in [4.78, 5) is 7.74. The largest absolute Gasteiger partial charge is 0.304 e. The zero-order valence-corrected chi connectivity index (χ0v) is 11.9. The van der Waals surface area contributed by atoms with E-state index in [2.05, 4.69) is 35.6 Å². The number of hydrogen-bond donors (Lipinski definition) is 0. The minimum atomic E-state index is 0.736. The standard InChI is InChI=1S/C14H29N3/c1-13(2)17-6-4-14(5-7-17)12-16-10-8-15(3)9-11-16/h13-14H,4-12H2,1-3H3. The first-order valence-electron chi connectivity index (χ1n) is 7.30. The highest BCUT2D eigenvalue weighted by molar-refractivity contribution is 4.78. The zero-order chi connectivity index (χ0) is 12.3. The van der Waals surface area contributed by atoms with E-state index in [4.69, 9.17) is 0 Å². The molecule has 2 rings (SSSR count). The van der Waals surface area contributed by atoms with Gasteiger partial charge >= 0.3 is 0 Å². The SMILES string of the molecule is CC(C)N1CCC(CN2CCN(C)CC2)CC1. The van der Waals surface area contributed by atoms with Crippen molar-refractivity contribution >= 4 is 0 Å². The summed E-state index contributed by atoms with van der Waals surface area (Å²) in [5, 5.41) is 0. The molecule has 3 nitrogen and oxygen atoms in total. The first-order valence-corrected chi connectivity index (χ1v) is 7.30. The van der Waals surface area contributed by atoms with E-state index in [1.54, 1.807) is 0 Å². The molecular weight excluding hydrogens is 210 g/mol. The molecule has 0 atom stereocenters. The Morgan fingerprint density at radius 1 is 0.941 bits per heavy atom. The number of hydrogen-bond acceptors (Lipinski definition) is 3. The molecule has 100 valence electrons. The predicted molar refractivity (Wildman–Crippen MR) is 73.4 cm³/mol. The molecule has 2 saturated heterocycles. The first kappa shape index (κ1) is 13.3. The second-order valence-electron chi connectivity index (χ2n) is 6.18. The van der Waals surface area contributed by atoms with E-state index in [0.29, 0.717) is 0 Å². The van der Waals surface area contributed by atoms with Gasteiger partial charge in [0.1, 0.15) is 0 Å². The molecule has 0 amide bonds. The van der Waals surface area contributed by atoms with Crippen LogP contribution in [-0.4, -0.2) is 73.6 Å². The summed E-state index contributed by atoms with van der Waals surface area (Å²) in [5.41, 5.74) is 0. The molecule has 0 aromatic heterocycles. The van der Waals surface area contributed by atoms with Crippen LogP contribution >= 0.6 is 0 Å². The number of piperazine rings is 1. The second kappa shape index (κ2) is 6.17. The van der Waals surface area contributed by atoms with Crippen molar-refractivity contribution in [3.05, 3.63) is 0 Å². The summed E-state index contributed by atoms with van der Waals surface area (Å²) in [5.74, 6) is 0.952. The lowest BCUT2D eigenvalue weighted by Gasteiger charge is -2.39. The highest BCUT2D eigenvalue weighted by Gasteiger charge is 2.23. The number of piperidine rings is 1. The molecule has 0 bridgehead atoms. The van der Waals surface area contributed by atoms with Gasteiger partial charge in [-0.3, -0.25) is 0 Å². The van der Waals surface area contributed by atoms with Crippen molar-refractivity contribution in [2.45, 2.75) is 32.7 Å². The van der Waals surface area contributed by atoms with Crippen molar-refractivity contribution in [2.24, 2.45) is 5.92 Å². The fourth-order valence-electron chi connectivity index (χ4n) is 3.05. The van der Waals surface area contributed by atoms with Crippen molar-refractivity contribution < 1.29 is 0 Å². The van der Waals surface area contributed by atoms with Gasteiger partial charge in [-0.1, -0.05) is 0 Å². The fraction of sp³-hybridized carbons (Fsp3) is 1.00. The summed E-state index contributed by atoms with van der Waals surface area (Å²) in [6.45, 7) is 13.7. The smallest absolute Gasteiger partial charge is 0.0110 e.